The van der Waals surface area contributed by atoms with Crippen LogP contribution in [0.25, 0.3) is 11.3 Å². The number of benzene rings is 1. The van der Waals surface area contributed by atoms with Crippen molar-refractivity contribution in [1.29, 1.82) is 0 Å². The number of aromatic amines is 1. The molecule has 0 unspecified atom stereocenters. The molecule has 118 valence electrons. The number of aliphatic hydroxyl groups is 1. The van der Waals surface area contributed by atoms with Crippen molar-refractivity contribution in [2.45, 2.75) is 31.8 Å². The van der Waals surface area contributed by atoms with Crippen LogP contribution in [-0.2, 0) is 6.54 Å². The second kappa shape index (κ2) is 6.94. The molecule has 0 saturated carbocycles. The third-order valence-corrected chi connectivity index (χ3v) is 4.43. The largest absolute Gasteiger partial charge is 0.497 e. The molecule has 0 bridgehead atoms. The third-order valence-electron chi connectivity index (χ3n) is 4.43. The maximum absolute atomic E-state index is 9.20. The number of aromatic nitrogens is 2. The first kappa shape index (κ1) is 15.1. The molecular formula is C17H23N3O2. The van der Waals surface area contributed by atoms with Crippen molar-refractivity contribution in [2.24, 2.45) is 0 Å². The molecule has 1 aromatic heterocycles. The van der Waals surface area contributed by atoms with E-state index in [1.54, 1.807) is 7.11 Å². The van der Waals surface area contributed by atoms with Gasteiger partial charge >= 0.3 is 0 Å². The normalized spacial score (nSPS) is 18.7. The van der Waals surface area contributed by atoms with Crippen LogP contribution in [0, 0.1) is 0 Å². The number of rotatable bonds is 6. The van der Waals surface area contributed by atoms with Gasteiger partial charge in [-0.15, -0.1) is 0 Å². The van der Waals surface area contributed by atoms with Gasteiger partial charge in [0.25, 0.3) is 0 Å². The Morgan fingerprint density at radius 2 is 2.18 bits per heavy atom. The predicted molar refractivity (Wildman–Crippen MR) is 85.7 cm³/mol. The molecule has 1 aliphatic heterocycles. The van der Waals surface area contributed by atoms with Crippen LogP contribution >= 0.6 is 0 Å². The van der Waals surface area contributed by atoms with E-state index in [0.29, 0.717) is 6.04 Å². The number of hydrogen-bond acceptors (Lipinski definition) is 4. The molecule has 0 amide bonds. The first-order valence-corrected chi connectivity index (χ1v) is 7.83. The molecule has 3 rings (SSSR count). The second-order valence-corrected chi connectivity index (χ2v) is 5.78. The first-order valence-electron chi connectivity index (χ1n) is 7.83. The van der Waals surface area contributed by atoms with E-state index in [4.69, 9.17) is 4.74 Å². The van der Waals surface area contributed by atoms with E-state index in [1.807, 2.05) is 30.5 Å². The summed E-state index contributed by atoms with van der Waals surface area (Å²) < 4.78 is 5.21. The fourth-order valence-electron chi connectivity index (χ4n) is 3.24. The summed E-state index contributed by atoms with van der Waals surface area (Å²) in [6.45, 7) is 2.23. The summed E-state index contributed by atoms with van der Waals surface area (Å²) in [5.74, 6) is 0.854. The molecular weight excluding hydrogens is 278 g/mol. The van der Waals surface area contributed by atoms with Gasteiger partial charge in [-0.05, 0) is 50.1 Å². The number of ether oxygens (including phenoxy) is 1. The van der Waals surface area contributed by atoms with Crippen LogP contribution in [-0.4, -0.2) is 46.5 Å². The van der Waals surface area contributed by atoms with Crippen molar-refractivity contribution in [3.05, 3.63) is 36.0 Å². The van der Waals surface area contributed by atoms with E-state index < -0.39 is 0 Å². The molecule has 1 fully saturated rings. The van der Waals surface area contributed by atoms with Crippen LogP contribution in [0.2, 0.25) is 0 Å². The van der Waals surface area contributed by atoms with Crippen molar-refractivity contribution >= 4 is 0 Å². The predicted octanol–water partition coefficient (Wildman–Crippen LogP) is 2.43. The Hall–Kier alpha value is -1.85. The molecule has 0 aliphatic carbocycles. The smallest absolute Gasteiger partial charge is 0.118 e. The Morgan fingerprint density at radius 3 is 2.91 bits per heavy atom. The summed E-state index contributed by atoms with van der Waals surface area (Å²) >= 11 is 0. The van der Waals surface area contributed by atoms with Crippen LogP contribution in [0.15, 0.2) is 30.5 Å². The Labute approximate surface area is 130 Å². The number of nitrogens with zero attached hydrogens (tertiary/aromatic N) is 2. The lowest BCUT2D eigenvalue weighted by Crippen LogP contribution is -2.29. The summed E-state index contributed by atoms with van der Waals surface area (Å²) in [6, 6.07) is 8.51. The maximum Gasteiger partial charge on any atom is 0.118 e. The molecule has 2 aromatic rings. The Kier molecular flexibility index (Phi) is 4.75. The van der Waals surface area contributed by atoms with Gasteiger partial charge in [0.05, 0.1) is 19.0 Å². The maximum atomic E-state index is 9.20. The quantitative estimate of drug-likeness (QED) is 0.860. The molecule has 0 spiro atoms. The topological polar surface area (TPSA) is 61.4 Å². The molecule has 5 nitrogen and oxygen atoms in total. The Bertz CT molecular complexity index is 594. The average molecular weight is 301 g/mol. The SMILES string of the molecule is COc1ccc(-c2[nH]ncc2CN2CCC[C@@H]2CCO)cc1. The lowest BCUT2D eigenvalue weighted by atomic mass is 10.1. The molecule has 1 aliphatic rings. The van der Waals surface area contributed by atoms with E-state index in [9.17, 15) is 5.11 Å². The molecule has 2 N–H and O–H groups in total. The summed E-state index contributed by atoms with van der Waals surface area (Å²) in [7, 11) is 1.67. The second-order valence-electron chi connectivity index (χ2n) is 5.78. The highest BCUT2D eigenvalue weighted by atomic mass is 16.5. The fourth-order valence-corrected chi connectivity index (χ4v) is 3.24. The van der Waals surface area contributed by atoms with Crippen LogP contribution in [0.4, 0.5) is 0 Å². The Morgan fingerprint density at radius 1 is 1.36 bits per heavy atom. The molecule has 22 heavy (non-hydrogen) atoms. The zero-order valence-electron chi connectivity index (χ0n) is 13.0. The monoisotopic (exact) mass is 301 g/mol. The lowest BCUT2D eigenvalue weighted by molar-refractivity contribution is 0.190. The van der Waals surface area contributed by atoms with Gasteiger partial charge < -0.3 is 9.84 Å². The van der Waals surface area contributed by atoms with Crippen LogP contribution in [0.5, 0.6) is 5.75 Å². The highest BCUT2D eigenvalue weighted by molar-refractivity contribution is 5.63. The van der Waals surface area contributed by atoms with Gasteiger partial charge in [0.1, 0.15) is 5.75 Å². The van der Waals surface area contributed by atoms with E-state index in [0.717, 1.165) is 36.5 Å². The van der Waals surface area contributed by atoms with Crippen molar-refractivity contribution in [1.82, 2.24) is 15.1 Å². The van der Waals surface area contributed by atoms with E-state index in [2.05, 4.69) is 15.1 Å². The lowest BCUT2D eigenvalue weighted by Gasteiger charge is -2.23. The average Bonchev–Trinajstić information content (AvgIpc) is 3.18. The minimum absolute atomic E-state index is 0.262. The number of H-pyrrole nitrogens is 1. The Balaban J connectivity index is 1.76. The molecule has 2 heterocycles. The van der Waals surface area contributed by atoms with Crippen LogP contribution in [0.3, 0.4) is 0 Å². The minimum Gasteiger partial charge on any atom is -0.497 e. The number of nitrogens with one attached hydrogen (secondary N) is 1. The van der Waals surface area contributed by atoms with Gasteiger partial charge in [0.15, 0.2) is 0 Å². The van der Waals surface area contributed by atoms with Crippen molar-refractivity contribution in [3.8, 4) is 17.0 Å². The van der Waals surface area contributed by atoms with E-state index in [1.165, 1.54) is 18.4 Å². The van der Waals surface area contributed by atoms with E-state index >= 15 is 0 Å². The standard InChI is InChI=1S/C17H23N3O2/c1-22-16-6-4-13(5-7-16)17-14(11-18-19-17)12-20-9-2-3-15(20)8-10-21/h4-7,11,15,21H,2-3,8-10,12H2,1H3,(H,18,19)/t15-/m1/s1. The third kappa shape index (κ3) is 3.15. The number of hydrogen-bond donors (Lipinski definition) is 2. The summed E-state index contributed by atoms with van der Waals surface area (Å²) in [5.41, 5.74) is 3.39. The van der Waals surface area contributed by atoms with Crippen molar-refractivity contribution in [3.63, 3.8) is 0 Å². The van der Waals surface area contributed by atoms with Gasteiger partial charge in [-0.3, -0.25) is 10.00 Å². The summed E-state index contributed by atoms with van der Waals surface area (Å²) in [4.78, 5) is 2.45. The molecule has 1 saturated heterocycles. The minimum atomic E-state index is 0.262. The van der Waals surface area contributed by atoms with Gasteiger partial charge in [-0.2, -0.15) is 5.10 Å². The highest BCUT2D eigenvalue weighted by Crippen LogP contribution is 2.27. The van der Waals surface area contributed by atoms with Gasteiger partial charge in [-0.25, -0.2) is 0 Å². The number of aliphatic hydroxyl groups excluding tert-OH is 1. The van der Waals surface area contributed by atoms with Crippen LogP contribution < -0.4 is 4.74 Å². The zero-order valence-corrected chi connectivity index (χ0v) is 13.0. The summed E-state index contributed by atoms with van der Waals surface area (Å²) in [5, 5.41) is 16.5. The fraction of sp³-hybridized carbons (Fsp3) is 0.471. The van der Waals surface area contributed by atoms with Crippen molar-refractivity contribution < 1.29 is 9.84 Å². The van der Waals surface area contributed by atoms with Crippen molar-refractivity contribution in [2.75, 3.05) is 20.3 Å². The zero-order chi connectivity index (χ0) is 15.4. The molecule has 5 heteroatoms. The molecule has 0 radical (unpaired) electrons. The number of likely N-dealkylation sites (tertiary alicyclic amines) is 1. The van der Waals surface area contributed by atoms with Gasteiger partial charge in [0, 0.05) is 30.3 Å². The summed E-state index contributed by atoms with van der Waals surface area (Å²) in [6.07, 6.45) is 5.15. The van der Waals surface area contributed by atoms with E-state index in [-0.39, 0.29) is 6.61 Å². The molecule has 1 atom stereocenters. The number of methoxy groups -OCH3 is 1. The van der Waals surface area contributed by atoms with Crippen LogP contribution in [0.1, 0.15) is 24.8 Å². The first-order chi connectivity index (χ1) is 10.8. The molecule has 1 aromatic carbocycles. The van der Waals surface area contributed by atoms with Gasteiger partial charge in [-0.1, -0.05) is 0 Å². The highest BCUT2D eigenvalue weighted by Gasteiger charge is 2.25. The van der Waals surface area contributed by atoms with Gasteiger partial charge in [0.2, 0.25) is 0 Å².